The largest absolute Gasteiger partial charge is 0.416 e. The minimum Gasteiger partial charge on any atom is -0.310 e. The molecule has 2 aromatic carbocycles. The Labute approximate surface area is 152 Å². The van der Waals surface area contributed by atoms with Gasteiger partial charge in [-0.25, -0.2) is 9.07 Å². The normalized spacial score (nSPS) is 11.4. The highest BCUT2D eigenvalue weighted by Crippen LogP contribution is 2.29. The Hall–Kier alpha value is -3.16. The fourth-order valence-electron chi connectivity index (χ4n) is 2.60. The van der Waals surface area contributed by atoms with Crippen molar-refractivity contribution in [1.82, 2.24) is 9.78 Å². The van der Waals surface area contributed by atoms with Gasteiger partial charge >= 0.3 is 6.18 Å². The Morgan fingerprint density at radius 2 is 1.81 bits per heavy atom. The summed E-state index contributed by atoms with van der Waals surface area (Å²) in [6.45, 7) is 1.72. The molecule has 0 saturated heterocycles. The van der Waals surface area contributed by atoms with Gasteiger partial charge in [0.05, 0.1) is 23.4 Å². The van der Waals surface area contributed by atoms with Crippen LogP contribution in [0.25, 0.3) is 5.69 Å². The van der Waals surface area contributed by atoms with Crippen molar-refractivity contribution in [3.05, 3.63) is 77.2 Å². The summed E-state index contributed by atoms with van der Waals surface area (Å²) >= 11 is 0. The zero-order chi connectivity index (χ0) is 19.6. The highest BCUT2D eigenvalue weighted by molar-refractivity contribution is 5.91. The van der Waals surface area contributed by atoms with E-state index in [1.54, 1.807) is 13.0 Å². The average molecular weight is 377 g/mol. The summed E-state index contributed by atoms with van der Waals surface area (Å²) < 4.78 is 52.9. The number of aromatic nitrogens is 2. The van der Waals surface area contributed by atoms with Crippen LogP contribution in [0.3, 0.4) is 0 Å². The number of rotatable bonds is 4. The lowest BCUT2D eigenvalue weighted by atomic mass is 10.1. The molecule has 0 spiro atoms. The molecule has 0 bridgehead atoms. The van der Waals surface area contributed by atoms with E-state index in [0.717, 1.165) is 12.1 Å². The molecule has 27 heavy (non-hydrogen) atoms. The van der Waals surface area contributed by atoms with Gasteiger partial charge in [0, 0.05) is 6.07 Å². The molecule has 0 radical (unpaired) electrons. The molecule has 0 fully saturated rings. The second kappa shape index (κ2) is 7.22. The first-order valence-corrected chi connectivity index (χ1v) is 8.01. The van der Waals surface area contributed by atoms with Crippen LogP contribution in [-0.2, 0) is 17.4 Å². The maximum absolute atomic E-state index is 13.1. The molecule has 8 heteroatoms. The molecule has 0 saturated carbocycles. The van der Waals surface area contributed by atoms with E-state index < -0.39 is 23.5 Å². The van der Waals surface area contributed by atoms with Crippen molar-refractivity contribution < 1.29 is 22.4 Å². The van der Waals surface area contributed by atoms with Gasteiger partial charge in [0.2, 0.25) is 5.91 Å². The molecule has 1 amide bonds. The third-order valence-corrected chi connectivity index (χ3v) is 3.79. The topological polar surface area (TPSA) is 46.9 Å². The number of nitrogens with zero attached hydrogens (tertiary/aromatic N) is 2. The summed E-state index contributed by atoms with van der Waals surface area (Å²) in [4.78, 5) is 12.3. The van der Waals surface area contributed by atoms with Crippen LogP contribution in [0.1, 0.15) is 16.8 Å². The third kappa shape index (κ3) is 4.52. The zero-order valence-corrected chi connectivity index (χ0v) is 14.2. The Morgan fingerprint density at radius 1 is 1.11 bits per heavy atom. The van der Waals surface area contributed by atoms with Gasteiger partial charge in [0.15, 0.2) is 0 Å². The number of halogens is 4. The number of hydrogen-bond donors (Lipinski definition) is 1. The number of nitrogens with one attached hydrogen (secondary N) is 1. The summed E-state index contributed by atoms with van der Waals surface area (Å²) in [5.74, 6) is -0.550. The lowest BCUT2D eigenvalue weighted by Crippen LogP contribution is -2.17. The van der Waals surface area contributed by atoms with Gasteiger partial charge in [0.25, 0.3) is 0 Å². The van der Waals surface area contributed by atoms with E-state index in [9.17, 15) is 22.4 Å². The molecule has 3 aromatic rings. The monoisotopic (exact) mass is 377 g/mol. The first kappa shape index (κ1) is 18.6. The van der Waals surface area contributed by atoms with Crippen LogP contribution in [0.15, 0.2) is 54.6 Å². The smallest absolute Gasteiger partial charge is 0.310 e. The van der Waals surface area contributed by atoms with Gasteiger partial charge in [-0.15, -0.1) is 0 Å². The predicted octanol–water partition coefficient (Wildman–Crippen LogP) is 4.52. The van der Waals surface area contributed by atoms with Gasteiger partial charge in [-0.3, -0.25) is 4.79 Å². The van der Waals surface area contributed by atoms with E-state index in [1.807, 2.05) is 0 Å². The Bertz CT molecular complexity index is 962. The molecule has 0 atom stereocenters. The number of hydrogen-bond acceptors (Lipinski definition) is 2. The van der Waals surface area contributed by atoms with E-state index in [0.29, 0.717) is 17.2 Å². The molecule has 1 aromatic heterocycles. The number of anilines is 1. The number of amides is 1. The fourth-order valence-corrected chi connectivity index (χ4v) is 2.60. The molecule has 0 aliphatic carbocycles. The summed E-state index contributed by atoms with van der Waals surface area (Å²) in [5.41, 5.74) is 0.597. The minimum atomic E-state index is -4.47. The predicted molar refractivity (Wildman–Crippen MR) is 92.0 cm³/mol. The second-order valence-corrected chi connectivity index (χ2v) is 5.98. The Kier molecular flexibility index (Phi) is 4.98. The van der Waals surface area contributed by atoms with Crippen LogP contribution in [-0.4, -0.2) is 15.7 Å². The SMILES string of the molecule is Cc1cc(NC(=O)Cc2cccc(C(F)(F)F)c2)n(-c2ccc(F)cc2)n1. The van der Waals surface area contributed by atoms with Crippen LogP contribution in [0.2, 0.25) is 0 Å². The number of carbonyl (C=O) groups is 1. The van der Waals surface area contributed by atoms with Crippen molar-refractivity contribution in [2.45, 2.75) is 19.5 Å². The zero-order valence-electron chi connectivity index (χ0n) is 14.2. The van der Waals surface area contributed by atoms with Crippen LogP contribution in [0.5, 0.6) is 0 Å². The van der Waals surface area contributed by atoms with Crippen molar-refractivity contribution in [1.29, 1.82) is 0 Å². The van der Waals surface area contributed by atoms with Gasteiger partial charge in [-0.2, -0.15) is 18.3 Å². The van der Waals surface area contributed by atoms with Crippen LogP contribution >= 0.6 is 0 Å². The third-order valence-electron chi connectivity index (χ3n) is 3.79. The van der Waals surface area contributed by atoms with Gasteiger partial charge in [-0.1, -0.05) is 18.2 Å². The van der Waals surface area contributed by atoms with E-state index in [-0.39, 0.29) is 12.0 Å². The molecule has 0 aliphatic heterocycles. The molecule has 1 heterocycles. The standard InChI is InChI=1S/C19H15F4N3O/c1-12-9-17(26(25-12)16-7-5-15(20)6-8-16)24-18(27)11-13-3-2-4-14(10-13)19(21,22)23/h2-10H,11H2,1H3,(H,24,27). The molecule has 3 rings (SSSR count). The highest BCUT2D eigenvalue weighted by Gasteiger charge is 2.30. The number of carbonyl (C=O) groups excluding carboxylic acids is 1. The maximum atomic E-state index is 13.1. The second-order valence-electron chi connectivity index (χ2n) is 5.98. The molecule has 140 valence electrons. The van der Waals surface area contributed by atoms with E-state index in [1.165, 1.54) is 41.1 Å². The lowest BCUT2D eigenvalue weighted by Gasteiger charge is -2.10. The van der Waals surface area contributed by atoms with Gasteiger partial charge in [-0.05, 0) is 42.8 Å². The first-order valence-electron chi connectivity index (χ1n) is 8.01. The Morgan fingerprint density at radius 3 is 2.48 bits per heavy atom. The number of benzene rings is 2. The first-order chi connectivity index (χ1) is 12.7. The summed E-state index contributed by atoms with van der Waals surface area (Å²) in [6.07, 6.45) is -4.69. The molecule has 0 unspecified atom stereocenters. The number of alkyl halides is 3. The van der Waals surface area contributed by atoms with Gasteiger partial charge in [0.1, 0.15) is 11.6 Å². The van der Waals surface area contributed by atoms with E-state index in [2.05, 4.69) is 10.4 Å². The molecule has 1 N–H and O–H groups in total. The van der Waals surface area contributed by atoms with Crippen molar-refractivity contribution in [3.8, 4) is 5.69 Å². The summed E-state index contributed by atoms with van der Waals surface area (Å²) in [6, 6.07) is 11.8. The lowest BCUT2D eigenvalue weighted by molar-refractivity contribution is -0.137. The van der Waals surface area contributed by atoms with E-state index >= 15 is 0 Å². The summed E-state index contributed by atoms with van der Waals surface area (Å²) in [5, 5.41) is 6.89. The van der Waals surface area contributed by atoms with Crippen LogP contribution in [0, 0.1) is 12.7 Å². The molecule has 0 aliphatic rings. The van der Waals surface area contributed by atoms with Crippen LogP contribution < -0.4 is 5.32 Å². The summed E-state index contributed by atoms with van der Waals surface area (Å²) in [7, 11) is 0. The molecular formula is C19H15F4N3O. The van der Waals surface area contributed by atoms with Crippen LogP contribution in [0.4, 0.5) is 23.4 Å². The minimum absolute atomic E-state index is 0.225. The quantitative estimate of drug-likeness (QED) is 0.680. The Balaban J connectivity index is 1.78. The van der Waals surface area contributed by atoms with Crippen molar-refractivity contribution >= 4 is 11.7 Å². The average Bonchev–Trinajstić information content (AvgIpc) is 2.95. The number of aryl methyl sites for hydroxylation is 1. The van der Waals surface area contributed by atoms with Gasteiger partial charge < -0.3 is 5.32 Å². The van der Waals surface area contributed by atoms with Crippen molar-refractivity contribution in [2.75, 3.05) is 5.32 Å². The fraction of sp³-hybridized carbons (Fsp3) is 0.158. The van der Waals surface area contributed by atoms with E-state index in [4.69, 9.17) is 0 Å². The highest BCUT2D eigenvalue weighted by atomic mass is 19.4. The molecular weight excluding hydrogens is 362 g/mol. The maximum Gasteiger partial charge on any atom is 0.416 e. The van der Waals surface area contributed by atoms with Crippen molar-refractivity contribution in [3.63, 3.8) is 0 Å². The van der Waals surface area contributed by atoms with Crippen molar-refractivity contribution in [2.24, 2.45) is 0 Å². The molecule has 4 nitrogen and oxygen atoms in total.